The van der Waals surface area contributed by atoms with Crippen molar-refractivity contribution in [2.75, 3.05) is 13.2 Å². The Morgan fingerprint density at radius 1 is 0.958 bits per heavy atom. The molecule has 144 valence electrons. The van der Waals surface area contributed by atoms with Gasteiger partial charge in [0.25, 0.3) is 0 Å². The highest BCUT2D eigenvalue weighted by Crippen LogP contribution is 2.35. The van der Waals surface area contributed by atoms with E-state index >= 15 is 0 Å². The molecule has 0 heterocycles. The lowest BCUT2D eigenvalue weighted by atomic mass is 10.0. The first kappa shape index (κ1) is 23.5. The van der Waals surface area contributed by atoms with Crippen LogP contribution in [0.15, 0.2) is 0 Å². The van der Waals surface area contributed by atoms with Crippen LogP contribution in [0.2, 0.25) is 0 Å². The Morgan fingerprint density at radius 2 is 1.50 bits per heavy atom. The van der Waals surface area contributed by atoms with Gasteiger partial charge in [-0.25, -0.2) is 4.57 Å². The third-order valence-electron chi connectivity index (χ3n) is 3.53. The van der Waals surface area contributed by atoms with Crippen molar-refractivity contribution in [3.63, 3.8) is 0 Å². The Labute approximate surface area is 145 Å². The van der Waals surface area contributed by atoms with Gasteiger partial charge in [-0.1, -0.05) is 58.8 Å². The van der Waals surface area contributed by atoms with E-state index in [1.807, 2.05) is 0 Å². The number of carbonyl (C=O) groups is 1. The normalized spacial score (nSPS) is 13.2. The van der Waals surface area contributed by atoms with Gasteiger partial charge in [-0.3, -0.25) is 9.32 Å². The van der Waals surface area contributed by atoms with Gasteiger partial charge in [-0.05, 0) is 12.3 Å². The summed E-state index contributed by atoms with van der Waals surface area (Å²) in [5.74, 6) is 0.361. The lowest BCUT2D eigenvalue weighted by molar-refractivity contribution is -0.147. The van der Waals surface area contributed by atoms with Crippen LogP contribution >= 0.6 is 7.82 Å². The maximum atomic E-state index is 11.5. The van der Waals surface area contributed by atoms with Crippen LogP contribution in [0.5, 0.6) is 0 Å². The van der Waals surface area contributed by atoms with Crippen LogP contribution in [0, 0.1) is 5.92 Å². The van der Waals surface area contributed by atoms with Crippen LogP contribution in [0.25, 0.3) is 0 Å². The average molecular weight is 368 g/mol. The molecule has 0 aliphatic carbocycles. The van der Waals surface area contributed by atoms with Gasteiger partial charge in [0.15, 0.2) is 0 Å². The lowest BCUT2D eigenvalue weighted by Crippen LogP contribution is -2.23. The van der Waals surface area contributed by atoms with Crippen molar-refractivity contribution in [1.29, 1.82) is 0 Å². The van der Waals surface area contributed by atoms with E-state index in [1.165, 1.54) is 32.1 Å². The average Bonchev–Trinajstić information content (AvgIpc) is 2.48. The topological polar surface area (TPSA) is 113 Å². The number of phosphoric acid groups is 1. The molecule has 0 aliphatic heterocycles. The van der Waals surface area contributed by atoms with Gasteiger partial charge in [0.05, 0.1) is 6.61 Å². The van der Waals surface area contributed by atoms with Gasteiger partial charge >= 0.3 is 13.8 Å². The lowest BCUT2D eigenvalue weighted by Gasteiger charge is -2.12. The molecular weight excluding hydrogens is 335 g/mol. The summed E-state index contributed by atoms with van der Waals surface area (Å²) in [6.45, 7) is 3.58. The SMILES string of the molecule is CC(C)CCCCCCCCCC(=O)OCC(O)COP(=O)(O)O. The third kappa shape index (κ3) is 17.9. The van der Waals surface area contributed by atoms with Crippen molar-refractivity contribution in [3.8, 4) is 0 Å². The number of esters is 1. The Bertz CT molecular complexity index is 367. The van der Waals surface area contributed by atoms with E-state index in [1.54, 1.807) is 0 Å². The fourth-order valence-corrected chi connectivity index (χ4v) is 2.56. The van der Waals surface area contributed by atoms with Gasteiger partial charge in [-0.2, -0.15) is 0 Å². The minimum atomic E-state index is -4.61. The summed E-state index contributed by atoms with van der Waals surface area (Å²) in [4.78, 5) is 28.4. The zero-order valence-corrected chi connectivity index (χ0v) is 15.7. The van der Waals surface area contributed by atoms with Crippen LogP contribution in [0.3, 0.4) is 0 Å². The van der Waals surface area contributed by atoms with Gasteiger partial charge in [0.2, 0.25) is 0 Å². The summed E-state index contributed by atoms with van der Waals surface area (Å²) in [5, 5.41) is 9.36. The number of hydrogen-bond donors (Lipinski definition) is 3. The van der Waals surface area contributed by atoms with Crippen LogP contribution in [0.1, 0.15) is 71.6 Å². The quantitative estimate of drug-likeness (QED) is 0.231. The number of aliphatic hydroxyl groups excluding tert-OH is 1. The number of rotatable bonds is 15. The second kappa shape index (κ2) is 13.8. The first-order valence-electron chi connectivity index (χ1n) is 8.74. The van der Waals surface area contributed by atoms with E-state index in [2.05, 4.69) is 18.4 Å². The maximum absolute atomic E-state index is 11.5. The minimum absolute atomic E-state index is 0.291. The summed E-state index contributed by atoms with van der Waals surface area (Å²) >= 11 is 0. The number of hydrogen-bond acceptors (Lipinski definition) is 5. The standard InChI is InChI=1S/C16H33O7P/c1-14(2)10-8-6-4-3-5-7-9-11-16(18)22-12-15(17)13-23-24(19,20)21/h14-15,17H,3-13H2,1-2H3,(H2,19,20,21). The Balaban J connectivity index is 3.42. The molecule has 0 rings (SSSR count). The molecule has 7 nitrogen and oxygen atoms in total. The molecule has 0 fully saturated rings. The number of unbranched alkanes of at least 4 members (excludes halogenated alkanes) is 6. The fourth-order valence-electron chi connectivity index (χ4n) is 2.20. The van der Waals surface area contributed by atoms with Crippen LogP contribution < -0.4 is 0 Å². The highest BCUT2D eigenvalue weighted by atomic mass is 31.2. The van der Waals surface area contributed by atoms with Crippen molar-refractivity contribution in [2.24, 2.45) is 5.92 Å². The first-order chi connectivity index (χ1) is 11.2. The molecule has 0 aromatic carbocycles. The van der Waals surface area contributed by atoms with Crippen molar-refractivity contribution < 1.29 is 33.5 Å². The zero-order chi connectivity index (χ0) is 18.4. The van der Waals surface area contributed by atoms with Crippen LogP contribution in [-0.2, 0) is 18.6 Å². The van der Waals surface area contributed by atoms with E-state index in [4.69, 9.17) is 14.5 Å². The number of carbonyl (C=O) groups excluding carboxylic acids is 1. The zero-order valence-electron chi connectivity index (χ0n) is 14.9. The molecule has 0 aromatic heterocycles. The molecule has 0 saturated carbocycles. The highest BCUT2D eigenvalue weighted by Gasteiger charge is 2.17. The molecule has 0 saturated heterocycles. The van der Waals surface area contributed by atoms with E-state index in [-0.39, 0.29) is 6.61 Å². The summed E-state index contributed by atoms with van der Waals surface area (Å²) in [7, 11) is -4.61. The summed E-state index contributed by atoms with van der Waals surface area (Å²) in [5.41, 5.74) is 0. The van der Waals surface area contributed by atoms with Gasteiger partial charge in [-0.15, -0.1) is 0 Å². The number of aliphatic hydroxyl groups is 1. The molecule has 0 spiro atoms. The van der Waals surface area contributed by atoms with Crippen molar-refractivity contribution in [2.45, 2.75) is 77.7 Å². The Kier molecular flexibility index (Phi) is 13.5. The molecule has 0 aliphatic rings. The summed E-state index contributed by atoms with van der Waals surface area (Å²) in [6, 6.07) is 0. The second-order valence-corrected chi connectivity index (χ2v) is 7.77. The summed E-state index contributed by atoms with van der Waals surface area (Å²) < 4.78 is 19.4. The Hall–Kier alpha value is -0.460. The molecule has 1 atom stereocenters. The molecule has 0 aromatic rings. The molecule has 3 N–H and O–H groups in total. The molecule has 0 amide bonds. The predicted molar refractivity (Wildman–Crippen MR) is 91.4 cm³/mol. The number of phosphoric ester groups is 1. The van der Waals surface area contributed by atoms with Crippen molar-refractivity contribution >= 4 is 13.8 Å². The molecule has 0 bridgehead atoms. The first-order valence-corrected chi connectivity index (χ1v) is 10.3. The van der Waals surface area contributed by atoms with Crippen molar-refractivity contribution in [3.05, 3.63) is 0 Å². The molecule has 8 heteroatoms. The Morgan fingerprint density at radius 3 is 2.04 bits per heavy atom. The van der Waals surface area contributed by atoms with E-state index in [0.717, 1.165) is 25.2 Å². The monoisotopic (exact) mass is 368 g/mol. The largest absolute Gasteiger partial charge is 0.469 e. The van der Waals surface area contributed by atoms with Crippen LogP contribution in [0.4, 0.5) is 0 Å². The maximum Gasteiger partial charge on any atom is 0.469 e. The molecular formula is C16H33O7P. The highest BCUT2D eigenvalue weighted by molar-refractivity contribution is 7.46. The van der Waals surface area contributed by atoms with Gasteiger partial charge in [0, 0.05) is 6.42 Å². The van der Waals surface area contributed by atoms with E-state index in [9.17, 15) is 14.5 Å². The molecule has 0 radical (unpaired) electrons. The second-order valence-electron chi connectivity index (χ2n) is 6.53. The minimum Gasteiger partial charge on any atom is -0.463 e. The van der Waals surface area contributed by atoms with E-state index in [0.29, 0.717) is 6.42 Å². The summed E-state index contributed by atoms with van der Waals surface area (Å²) in [6.07, 6.45) is 8.15. The van der Waals surface area contributed by atoms with Crippen molar-refractivity contribution in [1.82, 2.24) is 0 Å². The smallest absolute Gasteiger partial charge is 0.463 e. The predicted octanol–water partition coefficient (Wildman–Crippen LogP) is 3.17. The molecule has 1 unspecified atom stereocenters. The van der Waals surface area contributed by atoms with Crippen LogP contribution in [-0.4, -0.2) is 40.2 Å². The van der Waals surface area contributed by atoms with Gasteiger partial charge in [0.1, 0.15) is 12.7 Å². The van der Waals surface area contributed by atoms with E-state index < -0.39 is 26.5 Å². The fraction of sp³-hybridized carbons (Fsp3) is 0.938. The third-order valence-corrected chi connectivity index (χ3v) is 4.02. The number of ether oxygens (including phenoxy) is 1. The van der Waals surface area contributed by atoms with Gasteiger partial charge < -0.3 is 19.6 Å². The molecule has 24 heavy (non-hydrogen) atoms.